The monoisotopic (exact) mass is 503 g/mol. The highest BCUT2D eigenvalue weighted by molar-refractivity contribution is 7.91. The lowest BCUT2D eigenvalue weighted by molar-refractivity contribution is 0.122. The summed E-state index contributed by atoms with van der Waals surface area (Å²) in [5, 5.41) is -0.186. The van der Waals surface area contributed by atoms with Gasteiger partial charge >= 0.3 is 0 Å². The van der Waals surface area contributed by atoms with Gasteiger partial charge in [-0.05, 0) is 30.0 Å². The van der Waals surface area contributed by atoms with E-state index in [4.69, 9.17) is 25.4 Å². The van der Waals surface area contributed by atoms with E-state index in [-0.39, 0.29) is 17.0 Å². The minimum atomic E-state index is -3.10. The number of fused-ring (bicyclic) bond motifs is 1. The van der Waals surface area contributed by atoms with Crippen molar-refractivity contribution in [3.8, 4) is 22.5 Å². The molecule has 0 spiro atoms. The van der Waals surface area contributed by atoms with Gasteiger partial charge in [-0.25, -0.2) is 28.4 Å². The third kappa shape index (κ3) is 4.59. The highest BCUT2D eigenvalue weighted by Gasteiger charge is 2.35. The molecule has 1 aliphatic heterocycles. The van der Waals surface area contributed by atoms with Crippen molar-refractivity contribution in [1.82, 2.24) is 24.9 Å². The number of benzene rings is 1. The standard InChI is InChI=1S/C25H25N7O3S/c26-25-28-13-19(14-29-25)23-30-21-11-18(12-27-22(21)24(31-23)32-6-8-35-9-7-32)17-3-1-2-16(10-17)15-36(33,34)20-4-5-20/h1-3,10-14,20H,4-9,15H2,(H2,26,28,29). The molecule has 36 heavy (non-hydrogen) atoms. The van der Waals surface area contributed by atoms with Gasteiger partial charge < -0.3 is 15.4 Å². The van der Waals surface area contributed by atoms with Crippen LogP contribution in [0.15, 0.2) is 48.9 Å². The summed E-state index contributed by atoms with van der Waals surface area (Å²) in [5.74, 6) is 1.44. The number of ether oxygens (including phenoxy) is 1. The second-order valence-electron chi connectivity index (χ2n) is 9.10. The van der Waals surface area contributed by atoms with E-state index in [1.807, 2.05) is 30.3 Å². The molecule has 11 heteroatoms. The second kappa shape index (κ2) is 9.07. The first-order valence-corrected chi connectivity index (χ1v) is 13.6. The largest absolute Gasteiger partial charge is 0.378 e. The van der Waals surface area contributed by atoms with Crippen LogP contribution in [-0.4, -0.2) is 64.9 Å². The molecular formula is C25H25N7O3S. The number of anilines is 2. The molecule has 0 bridgehead atoms. The molecule has 0 unspecified atom stereocenters. The molecule has 2 aliphatic rings. The van der Waals surface area contributed by atoms with E-state index in [0.29, 0.717) is 48.7 Å². The Kier molecular flexibility index (Phi) is 5.73. The summed E-state index contributed by atoms with van der Waals surface area (Å²) in [4.78, 5) is 24.7. The van der Waals surface area contributed by atoms with Crippen molar-refractivity contribution in [3.63, 3.8) is 0 Å². The van der Waals surface area contributed by atoms with E-state index in [9.17, 15) is 8.42 Å². The third-order valence-corrected chi connectivity index (χ3v) is 8.64. The van der Waals surface area contributed by atoms with Crippen molar-refractivity contribution < 1.29 is 13.2 Å². The summed E-state index contributed by atoms with van der Waals surface area (Å²) in [6.07, 6.45) is 6.53. The van der Waals surface area contributed by atoms with E-state index in [0.717, 1.165) is 35.3 Å². The summed E-state index contributed by atoms with van der Waals surface area (Å²) in [6, 6.07) is 9.57. The maximum absolute atomic E-state index is 12.5. The molecule has 1 saturated carbocycles. The van der Waals surface area contributed by atoms with Crippen LogP contribution in [0.2, 0.25) is 0 Å². The smallest absolute Gasteiger partial charge is 0.219 e. The lowest BCUT2D eigenvalue weighted by Gasteiger charge is -2.28. The van der Waals surface area contributed by atoms with Crippen LogP contribution >= 0.6 is 0 Å². The molecule has 4 aromatic rings. The quantitative estimate of drug-likeness (QED) is 0.418. The average molecular weight is 504 g/mol. The Morgan fingerprint density at radius 3 is 2.44 bits per heavy atom. The fraction of sp³-hybridized carbons (Fsp3) is 0.320. The first kappa shape index (κ1) is 22.7. The van der Waals surface area contributed by atoms with Gasteiger partial charge in [0, 0.05) is 37.2 Å². The molecule has 0 atom stereocenters. The Bertz CT molecular complexity index is 1530. The van der Waals surface area contributed by atoms with Gasteiger partial charge in [0.25, 0.3) is 0 Å². The Hall–Kier alpha value is -3.70. The summed E-state index contributed by atoms with van der Waals surface area (Å²) < 4.78 is 30.5. The number of sulfone groups is 1. The zero-order valence-corrected chi connectivity index (χ0v) is 20.4. The number of nitrogens with two attached hydrogens (primary N) is 1. The van der Waals surface area contributed by atoms with E-state index in [1.54, 1.807) is 18.6 Å². The van der Waals surface area contributed by atoms with Crippen molar-refractivity contribution in [2.24, 2.45) is 0 Å². The van der Waals surface area contributed by atoms with Crippen LogP contribution in [0, 0.1) is 0 Å². The molecule has 0 amide bonds. The maximum Gasteiger partial charge on any atom is 0.219 e. The highest BCUT2D eigenvalue weighted by atomic mass is 32.2. The first-order chi connectivity index (χ1) is 17.5. The predicted octanol–water partition coefficient (Wildman–Crippen LogP) is 2.64. The number of nitrogens with zero attached hydrogens (tertiary/aromatic N) is 6. The van der Waals surface area contributed by atoms with Crippen LogP contribution in [-0.2, 0) is 20.3 Å². The Morgan fingerprint density at radius 1 is 0.944 bits per heavy atom. The summed E-state index contributed by atoms with van der Waals surface area (Å²) in [5.41, 5.74) is 10.2. The average Bonchev–Trinajstić information content (AvgIpc) is 3.75. The number of aromatic nitrogens is 5. The number of morpholine rings is 1. The maximum atomic E-state index is 12.5. The van der Waals surface area contributed by atoms with Gasteiger partial charge in [0.2, 0.25) is 5.95 Å². The van der Waals surface area contributed by atoms with Gasteiger partial charge in [-0.3, -0.25) is 4.98 Å². The number of rotatable bonds is 6. The molecule has 1 aromatic carbocycles. The van der Waals surface area contributed by atoms with Gasteiger partial charge in [0.15, 0.2) is 21.5 Å². The fourth-order valence-corrected chi connectivity index (χ4v) is 6.09. The van der Waals surface area contributed by atoms with Crippen molar-refractivity contribution >= 4 is 32.6 Å². The van der Waals surface area contributed by atoms with Crippen molar-refractivity contribution in [1.29, 1.82) is 0 Å². The van der Waals surface area contributed by atoms with Gasteiger partial charge in [-0.1, -0.05) is 24.3 Å². The fourth-order valence-electron chi connectivity index (χ4n) is 4.36. The molecule has 1 aliphatic carbocycles. The van der Waals surface area contributed by atoms with Gasteiger partial charge in [0.1, 0.15) is 5.52 Å². The van der Waals surface area contributed by atoms with E-state index < -0.39 is 9.84 Å². The molecule has 6 rings (SSSR count). The van der Waals surface area contributed by atoms with Crippen molar-refractivity contribution in [2.75, 3.05) is 36.9 Å². The van der Waals surface area contributed by atoms with Gasteiger partial charge in [-0.15, -0.1) is 0 Å². The first-order valence-electron chi connectivity index (χ1n) is 11.9. The number of hydrogen-bond donors (Lipinski definition) is 1. The normalized spacial score (nSPS) is 16.4. The lowest BCUT2D eigenvalue weighted by atomic mass is 10.0. The summed E-state index contributed by atoms with van der Waals surface area (Å²) >= 11 is 0. The summed E-state index contributed by atoms with van der Waals surface area (Å²) in [6.45, 7) is 2.62. The molecule has 4 heterocycles. The highest BCUT2D eigenvalue weighted by Crippen LogP contribution is 2.33. The van der Waals surface area contributed by atoms with Gasteiger partial charge in [0.05, 0.1) is 35.3 Å². The zero-order chi connectivity index (χ0) is 24.7. The lowest BCUT2D eigenvalue weighted by Crippen LogP contribution is -2.37. The van der Waals surface area contributed by atoms with E-state index in [1.165, 1.54) is 0 Å². The molecule has 184 valence electrons. The predicted molar refractivity (Wildman–Crippen MR) is 137 cm³/mol. The van der Waals surface area contributed by atoms with Crippen molar-refractivity contribution in [2.45, 2.75) is 23.8 Å². The Labute approximate surface area is 208 Å². The van der Waals surface area contributed by atoms with Crippen LogP contribution in [0.3, 0.4) is 0 Å². The minimum Gasteiger partial charge on any atom is -0.378 e. The molecule has 1 saturated heterocycles. The molecule has 0 radical (unpaired) electrons. The van der Waals surface area contributed by atoms with Crippen LogP contribution in [0.4, 0.5) is 11.8 Å². The topological polar surface area (TPSA) is 137 Å². The number of hydrogen-bond acceptors (Lipinski definition) is 10. The Morgan fingerprint density at radius 2 is 1.69 bits per heavy atom. The van der Waals surface area contributed by atoms with Crippen LogP contribution in [0.1, 0.15) is 18.4 Å². The van der Waals surface area contributed by atoms with Crippen LogP contribution in [0.25, 0.3) is 33.5 Å². The molecule has 10 nitrogen and oxygen atoms in total. The van der Waals surface area contributed by atoms with Crippen LogP contribution in [0.5, 0.6) is 0 Å². The Balaban J connectivity index is 1.43. The second-order valence-corrected chi connectivity index (χ2v) is 11.4. The number of nitrogen functional groups attached to an aromatic ring is 1. The minimum absolute atomic E-state index is 0.0527. The zero-order valence-electron chi connectivity index (χ0n) is 19.5. The van der Waals surface area contributed by atoms with Crippen molar-refractivity contribution in [3.05, 3.63) is 54.5 Å². The SMILES string of the molecule is Nc1ncc(-c2nc(N3CCOCC3)c3ncc(-c4cccc(CS(=O)(=O)C5CC5)c4)cc3n2)cn1. The molecule has 3 aromatic heterocycles. The van der Waals surface area contributed by atoms with E-state index >= 15 is 0 Å². The third-order valence-electron chi connectivity index (χ3n) is 6.42. The molecule has 2 N–H and O–H groups in total. The van der Waals surface area contributed by atoms with E-state index in [2.05, 4.69) is 14.9 Å². The molecular weight excluding hydrogens is 478 g/mol. The van der Waals surface area contributed by atoms with Crippen LogP contribution < -0.4 is 10.6 Å². The summed E-state index contributed by atoms with van der Waals surface area (Å²) in [7, 11) is -3.10. The molecule has 2 fully saturated rings. The van der Waals surface area contributed by atoms with Gasteiger partial charge in [-0.2, -0.15) is 0 Å². The number of pyridine rings is 1.